The van der Waals surface area contributed by atoms with E-state index in [4.69, 9.17) is 9.47 Å². The van der Waals surface area contributed by atoms with Crippen LogP contribution in [0.15, 0.2) is 84.9 Å². The molecule has 0 atom stereocenters. The largest absolute Gasteiger partial charge is 2.00 e. The van der Waals surface area contributed by atoms with Crippen molar-refractivity contribution in [2.24, 2.45) is 0 Å². The summed E-state index contributed by atoms with van der Waals surface area (Å²) in [7, 11) is 0. The Hall–Kier alpha value is -4.06. The zero-order valence-electron chi connectivity index (χ0n) is 18.2. The number of carbonyl (C=O) groups is 2. The number of carboxylic acids is 2. The van der Waals surface area contributed by atoms with Crippen molar-refractivity contribution in [2.75, 3.05) is 0 Å². The molecule has 2 aliphatic rings. The summed E-state index contributed by atoms with van der Waals surface area (Å²) in [5.74, 6) is 0.455. The van der Waals surface area contributed by atoms with Gasteiger partial charge in [0.15, 0.2) is 0 Å². The van der Waals surface area contributed by atoms with Crippen LogP contribution < -0.4 is 19.7 Å². The van der Waals surface area contributed by atoms with Crippen LogP contribution in [0.25, 0.3) is 0 Å². The van der Waals surface area contributed by atoms with Crippen LogP contribution in [0.3, 0.4) is 0 Å². The second-order valence-electron chi connectivity index (χ2n) is 7.91. The van der Waals surface area contributed by atoms with E-state index in [0.717, 1.165) is 22.6 Å². The molecule has 0 saturated heterocycles. The Labute approximate surface area is 212 Å². The molecule has 177 valence electrons. The molecule has 35 heavy (non-hydrogen) atoms. The molecule has 0 N–H and O–H groups in total. The predicted molar refractivity (Wildman–Crippen MR) is 120 cm³/mol. The van der Waals surface area contributed by atoms with Crippen molar-refractivity contribution in [3.05, 3.63) is 118 Å². The number of carbonyl (C=O) groups excluding carboxylic acids is 2. The van der Waals surface area contributed by atoms with Crippen molar-refractivity contribution < 1.29 is 46.3 Å². The smallest absolute Gasteiger partial charge is 0.545 e. The van der Waals surface area contributed by atoms with Crippen LogP contribution in [0.4, 0.5) is 0 Å². The molecule has 0 aromatic heterocycles. The first-order valence-corrected chi connectivity index (χ1v) is 10.7. The molecule has 7 heteroatoms. The van der Waals surface area contributed by atoms with E-state index in [0.29, 0.717) is 35.5 Å². The molecule has 0 amide bonds. The van der Waals surface area contributed by atoms with E-state index in [1.165, 1.54) is 0 Å². The van der Waals surface area contributed by atoms with Gasteiger partial charge in [0.05, 0.1) is 11.9 Å². The molecule has 6 rings (SSSR count). The van der Waals surface area contributed by atoms with Crippen LogP contribution in [0, 0.1) is 0 Å². The molecule has 2 aliphatic heterocycles. The summed E-state index contributed by atoms with van der Waals surface area (Å²) in [6.07, 6.45) is 1.13. The molecule has 6 nitrogen and oxygen atoms in total. The first-order valence-electron chi connectivity index (χ1n) is 10.7. The molecular weight excluding hydrogens is 496 g/mol. The second kappa shape index (κ2) is 10.1. The summed E-state index contributed by atoms with van der Waals surface area (Å²) < 4.78 is 11.4. The van der Waals surface area contributed by atoms with Gasteiger partial charge in [-0.25, -0.2) is 0 Å². The van der Waals surface area contributed by atoms with Gasteiger partial charge in [-0.1, -0.05) is 60.7 Å². The Morgan fingerprint density at radius 3 is 1.31 bits per heavy atom. The van der Waals surface area contributed by atoms with E-state index in [1.807, 2.05) is 48.5 Å². The fourth-order valence-electron chi connectivity index (χ4n) is 4.19. The van der Waals surface area contributed by atoms with Crippen LogP contribution >= 0.6 is 0 Å². The first-order chi connectivity index (χ1) is 16.5. The van der Waals surface area contributed by atoms with Gasteiger partial charge in [-0.05, 0) is 35.4 Å². The minimum atomic E-state index is -1.16. The minimum absolute atomic E-state index is 0. The zero-order chi connectivity index (χ0) is 23.7. The Morgan fingerprint density at radius 1 is 0.543 bits per heavy atom. The van der Waals surface area contributed by atoms with Crippen LogP contribution in [0.2, 0.25) is 0 Å². The normalized spacial score (nSPS) is 11.9. The van der Waals surface area contributed by atoms with Gasteiger partial charge < -0.3 is 29.3 Å². The molecule has 0 fully saturated rings. The van der Waals surface area contributed by atoms with Crippen LogP contribution in [0.5, 0.6) is 23.0 Å². The fourth-order valence-corrected chi connectivity index (χ4v) is 4.19. The van der Waals surface area contributed by atoms with Gasteiger partial charge in [0.25, 0.3) is 0 Å². The van der Waals surface area contributed by atoms with E-state index in [-0.39, 0.29) is 28.2 Å². The number of rotatable bonds is 2. The Bertz CT molecular complexity index is 1320. The Morgan fingerprint density at radius 2 is 0.914 bits per heavy atom. The molecule has 0 bridgehead atoms. The van der Waals surface area contributed by atoms with Gasteiger partial charge in [0, 0.05) is 35.1 Å². The van der Waals surface area contributed by atoms with Crippen molar-refractivity contribution in [1.82, 2.24) is 0 Å². The molecule has 0 spiro atoms. The monoisotopic (exact) mass is 513 g/mol. The topological polar surface area (TPSA) is 98.7 Å². The molecular formula is C28H18CuO6. The van der Waals surface area contributed by atoms with Gasteiger partial charge in [-0.3, -0.25) is 0 Å². The van der Waals surface area contributed by atoms with Crippen molar-refractivity contribution in [3.8, 4) is 23.0 Å². The first kappa shape index (κ1) is 24.1. The fraction of sp³-hybridized carbons (Fsp3) is 0.0714. The number of carboxylic acid groups (broad SMARTS) is 2. The SMILES string of the molecule is O=C([O-])c1cccc2c1Cc1ccccc1O2.O=C([O-])c1cccc2c1Cc1ccccc1O2.[Cu+2]. The number of para-hydroxylation sites is 2. The van der Waals surface area contributed by atoms with Gasteiger partial charge in [0.2, 0.25) is 0 Å². The predicted octanol–water partition coefficient (Wildman–Crippen LogP) is 3.49. The van der Waals surface area contributed by atoms with E-state index in [1.54, 1.807) is 36.4 Å². The van der Waals surface area contributed by atoms with Crippen LogP contribution in [0.1, 0.15) is 43.0 Å². The third-order valence-corrected chi connectivity index (χ3v) is 5.83. The van der Waals surface area contributed by atoms with E-state index in [9.17, 15) is 19.8 Å². The van der Waals surface area contributed by atoms with Crippen LogP contribution in [-0.2, 0) is 29.9 Å². The number of aromatic carboxylic acids is 2. The minimum Gasteiger partial charge on any atom is -0.545 e. The van der Waals surface area contributed by atoms with Crippen molar-refractivity contribution >= 4 is 11.9 Å². The second-order valence-corrected chi connectivity index (χ2v) is 7.91. The van der Waals surface area contributed by atoms with E-state index >= 15 is 0 Å². The average Bonchev–Trinajstić information content (AvgIpc) is 2.85. The summed E-state index contributed by atoms with van der Waals surface area (Å²) in [6.45, 7) is 0. The Kier molecular flexibility index (Phi) is 6.92. The maximum absolute atomic E-state index is 11.0. The standard InChI is InChI=1S/2C14H10O3.Cu/c2*15-14(16)10-5-3-7-13-11(10)8-9-4-1-2-6-12(9)17-13;/h2*1-7H,8H2,(H,15,16);/q;;+2/p-2. The summed E-state index contributed by atoms with van der Waals surface area (Å²) in [6, 6.07) is 25.2. The average molecular weight is 514 g/mol. The molecule has 0 unspecified atom stereocenters. The van der Waals surface area contributed by atoms with Gasteiger partial charge in [0.1, 0.15) is 23.0 Å². The van der Waals surface area contributed by atoms with E-state index in [2.05, 4.69) is 0 Å². The molecule has 0 saturated carbocycles. The van der Waals surface area contributed by atoms with Crippen LogP contribution in [-0.4, -0.2) is 11.9 Å². The maximum Gasteiger partial charge on any atom is 2.00 e. The molecule has 2 heterocycles. The third-order valence-electron chi connectivity index (χ3n) is 5.83. The van der Waals surface area contributed by atoms with Crippen molar-refractivity contribution in [3.63, 3.8) is 0 Å². The number of hydrogen-bond donors (Lipinski definition) is 0. The quantitative estimate of drug-likeness (QED) is 0.329. The zero-order valence-corrected chi connectivity index (χ0v) is 19.2. The molecule has 1 radical (unpaired) electrons. The summed E-state index contributed by atoms with van der Waals surface area (Å²) in [5.41, 5.74) is 3.77. The summed E-state index contributed by atoms with van der Waals surface area (Å²) in [4.78, 5) is 22.0. The summed E-state index contributed by atoms with van der Waals surface area (Å²) in [5, 5.41) is 22.0. The van der Waals surface area contributed by atoms with E-state index < -0.39 is 11.9 Å². The van der Waals surface area contributed by atoms with Crippen molar-refractivity contribution in [2.45, 2.75) is 12.8 Å². The van der Waals surface area contributed by atoms with Gasteiger partial charge in [-0.2, -0.15) is 0 Å². The number of benzene rings is 4. The third kappa shape index (κ3) is 4.78. The summed E-state index contributed by atoms with van der Waals surface area (Å²) >= 11 is 0. The molecule has 4 aromatic carbocycles. The molecule has 0 aliphatic carbocycles. The Balaban J connectivity index is 0.000000160. The number of hydrogen-bond acceptors (Lipinski definition) is 6. The van der Waals surface area contributed by atoms with Gasteiger partial charge in [-0.15, -0.1) is 0 Å². The number of fused-ring (bicyclic) bond motifs is 4. The van der Waals surface area contributed by atoms with Gasteiger partial charge >= 0.3 is 17.1 Å². The molecule has 4 aromatic rings. The number of ether oxygens (including phenoxy) is 2. The maximum atomic E-state index is 11.0. The van der Waals surface area contributed by atoms with Crippen molar-refractivity contribution in [1.29, 1.82) is 0 Å².